The van der Waals surface area contributed by atoms with Gasteiger partial charge in [-0.15, -0.1) is 0 Å². The van der Waals surface area contributed by atoms with E-state index in [1.165, 1.54) is 0 Å². The number of hydrogen-bond donors (Lipinski definition) is 3. The number of methoxy groups -OCH3 is 1. The van der Waals surface area contributed by atoms with Crippen LogP contribution in [0.1, 0.15) is 33.1 Å². The Morgan fingerprint density at radius 3 is 2.83 bits per heavy atom. The molecule has 158 valence electrons. The molecule has 29 heavy (non-hydrogen) atoms. The summed E-state index contributed by atoms with van der Waals surface area (Å²) in [4.78, 5) is 12.8. The van der Waals surface area contributed by atoms with E-state index in [0.29, 0.717) is 41.3 Å². The summed E-state index contributed by atoms with van der Waals surface area (Å²) in [6, 6.07) is 0.0620. The van der Waals surface area contributed by atoms with Gasteiger partial charge in [-0.25, -0.2) is 4.98 Å². The maximum Gasteiger partial charge on any atom is 0.222 e. The number of nitrogens with one attached hydrogen (secondary N) is 1. The second-order valence-corrected chi connectivity index (χ2v) is 7.76. The van der Waals surface area contributed by atoms with Gasteiger partial charge in [0, 0.05) is 12.6 Å². The fourth-order valence-electron chi connectivity index (χ4n) is 3.01. The number of hydrogen-bond acceptors (Lipinski definition) is 8. The van der Waals surface area contributed by atoms with Crippen molar-refractivity contribution in [3.05, 3.63) is 28.2 Å². The van der Waals surface area contributed by atoms with Gasteiger partial charge in [0.25, 0.3) is 0 Å². The highest BCUT2D eigenvalue weighted by molar-refractivity contribution is 9.11. The predicted octanol–water partition coefficient (Wildman–Crippen LogP) is 3.23. The molecule has 10 heteroatoms. The van der Waals surface area contributed by atoms with Crippen LogP contribution in [0.3, 0.4) is 0 Å². The maximum atomic E-state index is 9.37. The third-order valence-corrected chi connectivity index (χ3v) is 4.51. The number of aliphatic hydroxyl groups is 1. The summed E-state index contributed by atoms with van der Waals surface area (Å²) in [5, 5.41) is 17.2. The van der Waals surface area contributed by atoms with Gasteiger partial charge in [-0.1, -0.05) is 29.3 Å². The standard InChI is InChI=1S/C19H28BrN7O2/c1-5-6-13(7-8-28)24-18-17-14(25-19(21)26-18)10-23-27(17)11-15(22-3)16(29-4)9-12(2)20/h9-10,13,28H,3,5-8,11H2,1-2,4H3,(H3,21,24,25,26)/b12-9+,16-15+. The zero-order valence-corrected chi connectivity index (χ0v) is 18.6. The van der Waals surface area contributed by atoms with Gasteiger partial charge in [0.05, 0.1) is 19.9 Å². The van der Waals surface area contributed by atoms with Crippen molar-refractivity contribution in [2.24, 2.45) is 4.99 Å². The number of aliphatic imine (C=N–C) groups is 1. The Balaban J connectivity index is 2.51. The van der Waals surface area contributed by atoms with Gasteiger partial charge in [0.15, 0.2) is 5.82 Å². The van der Waals surface area contributed by atoms with E-state index < -0.39 is 0 Å². The van der Waals surface area contributed by atoms with E-state index >= 15 is 0 Å². The van der Waals surface area contributed by atoms with E-state index in [1.807, 2.05) is 13.0 Å². The molecule has 0 aliphatic carbocycles. The third kappa shape index (κ3) is 6.01. The van der Waals surface area contributed by atoms with Gasteiger partial charge in [-0.3, -0.25) is 9.67 Å². The summed E-state index contributed by atoms with van der Waals surface area (Å²) in [5.41, 5.74) is 7.82. The Hall–Kier alpha value is -2.46. The number of fused-ring (bicyclic) bond motifs is 1. The Morgan fingerprint density at radius 1 is 1.48 bits per heavy atom. The maximum absolute atomic E-state index is 9.37. The van der Waals surface area contributed by atoms with Crippen molar-refractivity contribution in [2.75, 3.05) is 24.8 Å². The summed E-state index contributed by atoms with van der Waals surface area (Å²) >= 11 is 3.41. The monoisotopic (exact) mass is 465 g/mol. The van der Waals surface area contributed by atoms with Gasteiger partial charge < -0.3 is 20.9 Å². The zero-order valence-electron chi connectivity index (χ0n) is 17.0. The Bertz CT molecular complexity index is 897. The second-order valence-electron chi connectivity index (χ2n) is 6.51. The van der Waals surface area contributed by atoms with Gasteiger partial charge in [0.2, 0.25) is 5.95 Å². The lowest BCUT2D eigenvalue weighted by molar-refractivity contribution is 0.276. The van der Waals surface area contributed by atoms with Crippen LogP contribution in [0.2, 0.25) is 0 Å². The van der Waals surface area contributed by atoms with E-state index in [2.05, 4.69) is 54.9 Å². The van der Waals surface area contributed by atoms with Crippen LogP contribution < -0.4 is 11.1 Å². The predicted molar refractivity (Wildman–Crippen MR) is 120 cm³/mol. The Kier molecular flexibility index (Phi) is 8.59. The van der Waals surface area contributed by atoms with Crippen molar-refractivity contribution in [3.63, 3.8) is 0 Å². The SMILES string of the molecule is C=N/C(Cn1ncc2nc(N)nc(NC(CCC)CCO)c21)=C(\C=C(/C)Br)OC. The van der Waals surface area contributed by atoms with Gasteiger partial charge in [0.1, 0.15) is 22.5 Å². The first kappa shape index (κ1) is 22.8. The number of halogens is 1. The molecule has 0 bridgehead atoms. The van der Waals surface area contributed by atoms with Gasteiger partial charge in [-0.05, 0) is 37.0 Å². The summed E-state index contributed by atoms with van der Waals surface area (Å²) in [6.45, 7) is 8.06. The molecule has 4 N–H and O–H groups in total. The van der Waals surface area contributed by atoms with Crippen LogP contribution in [-0.4, -0.2) is 51.3 Å². The van der Waals surface area contributed by atoms with E-state index in [4.69, 9.17) is 10.5 Å². The van der Waals surface area contributed by atoms with Crippen molar-refractivity contribution in [2.45, 2.75) is 45.7 Å². The van der Waals surface area contributed by atoms with Crippen LogP contribution in [0.4, 0.5) is 11.8 Å². The molecule has 1 atom stereocenters. The van der Waals surface area contributed by atoms with E-state index in [9.17, 15) is 5.11 Å². The molecule has 2 heterocycles. The highest BCUT2D eigenvalue weighted by Gasteiger charge is 2.17. The lowest BCUT2D eigenvalue weighted by atomic mass is 10.1. The summed E-state index contributed by atoms with van der Waals surface area (Å²) in [6.07, 6.45) is 5.93. The number of aromatic nitrogens is 4. The number of aliphatic hydroxyl groups excluding tert-OH is 1. The molecule has 2 aromatic heterocycles. The van der Waals surface area contributed by atoms with E-state index in [1.54, 1.807) is 18.0 Å². The van der Waals surface area contributed by atoms with Crippen LogP contribution in [0, 0.1) is 0 Å². The van der Waals surface area contributed by atoms with Gasteiger partial charge >= 0.3 is 0 Å². The highest BCUT2D eigenvalue weighted by Crippen LogP contribution is 2.25. The molecule has 2 rings (SSSR count). The van der Waals surface area contributed by atoms with Crippen molar-refractivity contribution < 1.29 is 9.84 Å². The first-order valence-corrected chi connectivity index (χ1v) is 10.2. The molecule has 1 unspecified atom stereocenters. The average molecular weight is 466 g/mol. The molecular weight excluding hydrogens is 438 g/mol. The molecule has 0 aliphatic rings. The molecule has 0 amide bonds. The van der Waals surface area contributed by atoms with Crippen LogP contribution in [0.25, 0.3) is 11.0 Å². The summed E-state index contributed by atoms with van der Waals surface area (Å²) < 4.78 is 8.09. The number of anilines is 2. The number of nitrogen functional groups attached to an aromatic ring is 1. The highest BCUT2D eigenvalue weighted by atomic mass is 79.9. The smallest absolute Gasteiger partial charge is 0.222 e. The number of rotatable bonds is 11. The van der Waals surface area contributed by atoms with E-state index in [0.717, 1.165) is 17.3 Å². The molecular formula is C19H28BrN7O2. The Morgan fingerprint density at radius 2 is 2.24 bits per heavy atom. The summed E-state index contributed by atoms with van der Waals surface area (Å²) in [5.74, 6) is 1.31. The molecule has 0 fully saturated rings. The largest absolute Gasteiger partial charge is 0.495 e. The molecule has 0 saturated heterocycles. The fourth-order valence-corrected chi connectivity index (χ4v) is 3.22. The van der Waals surface area contributed by atoms with Crippen molar-refractivity contribution in [3.8, 4) is 0 Å². The molecule has 9 nitrogen and oxygen atoms in total. The van der Waals surface area contributed by atoms with Crippen molar-refractivity contribution in [1.82, 2.24) is 19.7 Å². The third-order valence-electron chi connectivity index (χ3n) is 4.29. The zero-order chi connectivity index (χ0) is 21.4. The van der Waals surface area contributed by atoms with Crippen molar-refractivity contribution >= 4 is 45.4 Å². The molecule has 0 spiro atoms. The molecule has 2 aromatic rings. The number of nitrogens with two attached hydrogens (primary N) is 1. The first-order valence-electron chi connectivity index (χ1n) is 9.37. The number of allylic oxidation sites excluding steroid dienone is 3. The first-order chi connectivity index (χ1) is 13.9. The average Bonchev–Trinajstić information content (AvgIpc) is 3.07. The van der Waals surface area contributed by atoms with Crippen molar-refractivity contribution in [1.29, 1.82) is 0 Å². The van der Waals surface area contributed by atoms with E-state index in [-0.39, 0.29) is 18.6 Å². The summed E-state index contributed by atoms with van der Waals surface area (Å²) in [7, 11) is 1.58. The second kappa shape index (κ2) is 10.9. The Labute approximate surface area is 178 Å². The van der Waals surface area contributed by atoms with Crippen LogP contribution in [0.15, 0.2) is 33.2 Å². The lowest BCUT2D eigenvalue weighted by Crippen LogP contribution is -2.22. The minimum atomic E-state index is 0.0620. The van der Waals surface area contributed by atoms with Crippen LogP contribution in [0.5, 0.6) is 0 Å². The van der Waals surface area contributed by atoms with Gasteiger partial charge in [-0.2, -0.15) is 10.1 Å². The fraction of sp³-hybridized carbons (Fsp3) is 0.474. The molecule has 0 radical (unpaired) electrons. The number of ether oxygens (including phenoxy) is 1. The normalized spacial score (nSPS) is 13.9. The lowest BCUT2D eigenvalue weighted by Gasteiger charge is -2.19. The van der Waals surface area contributed by atoms with Crippen LogP contribution >= 0.6 is 15.9 Å². The number of nitrogens with zero attached hydrogens (tertiary/aromatic N) is 5. The van der Waals surface area contributed by atoms with Crippen LogP contribution in [-0.2, 0) is 11.3 Å². The topological polar surface area (TPSA) is 123 Å². The molecule has 0 saturated carbocycles. The molecule has 0 aromatic carbocycles. The minimum absolute atomic E-state index is 0.0620. The molecule has 0 aliphatic heterocycles. The quantitative estimate of drug-likeness (QED) is 0.264. The minimum Gasteiger partial charge on any atom is -0.495 e.